The molecule has 1 N–H and O–H groups in total. The minimum atomic E-state index is -1.02. The Kier molecular flexibility index (Phi) is 4.37. The zero-order valence-corrected chi connectivity index (χ0v) is 11.6. The molecule has 0 saturated heterocycles. The van der Waals surface area contributed by atoms with Crippen molar-refractivity contribution in [2.45, 2.75) is 19.1 Å². The highest BCUT2D eigenvalue weighted by Crippen LogP contribution is 2.30. The predicted octanol–water partition coefficient (Wildman–Crippen LogP) is 2.86. The van der Waals surface area contributed by atoms with Crippen molar-refractivity contribution in [1.82, 2.24) is 0 Å². The molecule has 0 fully saturated rings. The first-order valence-electron chi connectivity index (χ1n) is 6.52. The number of ketones is 1. The topological polar surface area (TPSA) is 55.8 Å². The van der Waals surface area contributed by atoms with Gasteiger partial charge in [0.1, 0.15) is 5.76 Å². The van der Waals surface area contributed by atoms with E-state index in [1.807, 2.05) is 25.1 Å². The van der Waals surface area contributed by atoms with E-state index < -0.39 is 5.79 Å². The molecule has 106 valence electrons. The predicted molar refractivity (Wildman–Crippen MR) is 76.1 cm³/mol. The summed E-state index contributed by atoms with van der Waals surface area (Å²) in [5.74, 6) is -1.25. The Hall–Kier alpha value is -1.91. The zero-order chi connectivity index (χ0) is 14.6. The van der Waals surface area contributed by atoms with Crippen molar-refractivity contribution in [2.75, 3.05) is 13.7 Å². The number of hydrogen-bond acceptors (Lipinski definition) is 4. The van der Waals surface area contributed by atoms with Crippen LogP contribution in [0.3, 0.4) is 0 Å². The fraction of sp³-hybridized carbons (Fsp3) is 0.312. The van der Waals surface area contributed by atoms with Crippen LogP contribution in [0.25, 0.3) is 5.76 Å². The van der Waals surface area contributed by atoms with Gasteiger partial charge in [-0.05, 0) is 19.1 Å². The van der Waals surface area contributed by atoms with Crippen LogP contribution in [0.2, 0.25) is 0 Å². The Morgan fingerprint density at radius 1 is 1.35 bits per heavy atom. The van der Waals surface area contributed by atoms with E-state index in [4.69, 9.17) is 9.47 Å². The number of aliphatic hydroxyl groups is 1. The Labute approximate surface area is 118 Å². The van der Waals surface area contributed by atoms with Crippen LogP contribution >= 0.6 is 0 Å². The van der Waals surface area contributed by atoms with E-state index >= 15 is 0 Å². The van der Waals surface area contributed by atoms with Gasteiger partial charge in [-0.15, -0.1) is 0 Å². The lowest BCUT2D eigenvalue weighted by molar-refractivity contribution is -0.190. The van der Waals surface area contributed by atoms with Gasteiger partial charge in [0.05, 0.1) is 12.0 Å². The summed E-state index contributed by atoms with van der Waals surface area (Å²) in [6.07, 6.45) is 3.29. The van der Waals surface area contributed by atoms with Crippen LogP contribution in [0.15, 0.2) is 48.1 Å². The molecule has 1 unspecified atom stereocenters. The maximum absolute atomic E-state index is 12.2. The van der Waals surface area contributed by atoms with E-state index in [9.17, 15) is 9.90 Å². The van der Waals surface area contributed by atoms with Crippen LogP contribution in [0, 0.1) is 0 Å². The highest BCUT2D eigenvalue weighted by atomic mass is 16.7. The van der Waals surface area contributed by atoms with Crippen molar-refractivity contribution < 1.29 is 19.4 Å². The summed E-state index contributed by atoms with van der Waals surface area (Å²) in [4.78, 5) is 12.2. The van der Waals surface area contributed by atoms with Crippen LogP contribution in [-0.4, -0.2) is 30.4 Å². The normalized spacial score (nSPS) is 24.8. The highest BCUT2D eigenvalue weighted by molar-refractivity contribution is 6.05. The van der Waals surface area contributed by atoms with E-state index in [0.717, 1.165) is 0 Å². The second kappa shape index (κ2) is 6.03. The fourth-order valence-corrected chi connectivity index (χ4v) is 2.19. The largest absolute Gasteiger partial charge is 0.507 e. The molecular weight excluding hydrogens is 256 g/mol. The standard InChI is InChI=1S/C16H18O4/c1-3-20-16(19-2)10-9-13(14(17)11-16)15(18)12-7-5-4-6-8-12/h4-10,18H,3,11H2,1-2H3. The van der Waals surface area contributed by atoms with Crippen molar-refractivity contribution in [3.05, 3.63) is 53.6 Å². The molecule has 0 aliphatic heterocycles. The van der Waals surface area contributed by atoms with E-state index in [1.165, 1.54) is 7.11 Å². The Morgan fingerprint density at radius 2 is 2.05 bits per heavy atom. The van der Waals surface area contributed by atoms with Gasteiger partial charge >= 0.3 is 0 Å². The van der Waals surface area contributed by atoms with Gasteiger partial charge in [0.15, 0.2) is 11.6 Å². The zero-order valence-electron chi connectivity index (χ0n) is 11.6. The summed E-state index contributed by atoms with van der Waals surface area (Å²) >= 11 is 0. The number of Topliss-reactive ketones (excluding diaryl/α,β-unsaturated/α-hetero) is 1. The van der Waals surface area contributed by atoms with Gasteiger partial charge in [-0.2, -0.15) is 0 Å². The Balaban J connectivity index is 2.37. The SMILES string of the molecule is CCOC1(OC)C=CC(=C(O)c2ccccc2)C(=O)C1. The third-order valence-corrected chi connectivity index (χ3v) is 3.25. The number of carbonyl (C=O) groups is 1. The number of carbonyl (C=O) groups excluding carboxylic acids is 1. The molecule has 20 heavy (non-hydrogen) atoms. The molecule has 1 aliphatic carbocycles. The summed E-state index contributed by atoms with van der Waals surface area (Å²) in [6.45, 7) is 2.28. The molecule has 1 aliphatic rings. The lowest BCUT2D eigenvalue weighted by Gasteiger charge is -2.31. The molecule has 2 rings (SSSR count). The van der Waals surface area contributed by atoms with Crippen LogP contribution < -0.4 is 0 Å². The molecule has 0 aromatic heterocycles. The third kappa shape index (κ3) is 2.81. The van der Waals surface area contributed by atoms with Crippen LogP contribution in [0.5, 0.6) is 0 Å². The fourth-order valence-electron chi connectivity index (χ4n) is 2.19. The van der Waals surface area contributed by atoms with Crippen LogP contribution in [0.4, 0.5) is 0 Å². The van der Waals surface area contributed by atoms with Gasteiger partial charge in [0.2, 0.25) is 0 Å². The van der Waals surface area contributed by atoms with Gasteiger partial charge in [-0.3, -0.25) is 4.79 Å². The van der Waals surface area contributed by atoms with Crippen LogP contribution in [0.1, 0.15) is 18.9 Å². The lowest BCUT2D eigenvalue weighted by atomic mass is 9.93. The average molecular weight is 274 g/mol. The van der Waals surface area contributed by atoms with Crippen molar-refractivity contribution in [2.24, 2.45) is 0 Å². The summed E-state index contributed by atoms with van der Waals surface area (Å²) in [5, 5.41) is 10.2. The minimum absolute atomic E-state index is 0.0203. The minimum Gasteiger partial charge on any atom is -0.507 e. The summed E-state index contributed by atoms with van der Waals surface area (Å²) in [6, 6.07) is 8.98. The molecule has 0 bridgehead atoms. The third-order valence-electron chi connectivity index (χ3n) is 3.25. The van der Waals surface area contributed by atoms with Crippen molar-refractivity contribution in [1.29, 1.82) is 0 Å². The molecule has 1 atom stereocenters. The molecule has 1 aromatic rings. The number of benzene rings is 1. The number of ether oxygens (including phenoxy) is 2. The average Bonchev–Trinajstić information content (AvgIpc) is 2.48. The van der Waals surface area contributed by atoms with Gasteiger partial charge in [-0.25, -0.2) is 0 Å². The van der Waals surface area contributed by atoms with E-state index in [0.29, 0.717) is 12.2 Å². The van der Waals surface area contributed by atoms with E-state index in [2.05, 4.69) is 0 Å². The first kappa shape index (κ1) is 14.5. The molecule has 0 radical (unpaired) electrons. The van der Waals surface area contributed by atoms with Crippen LogP contribution in [-0.2, 0) is 14.3 Å². The van der Waals surface area contributed by atoms with Gasteiger partial charge in [-0.1, -0.05) is 30.3 Å². The van der Waals surface area contributed by atoms with E-state index in [1.54, 1.807) is 24.3 Å². The highest BCUT2D eigenvalue weighted by Gasteiger charge is 2.36. The molecule has 0 saturated carbocycles. The first-order chi connectivity index (χ1) is 9.62. The molecule has 0 heterocycles. The summed E-state index contributed by atoms with van der Waals surface area (Å²) in [5.41, 5.74) is 0.894. The molecule has 4 nitrogen and oxygen atoms in total. The second-order valence-electron chi connectivity index (χ2n) is 4.51. The number of aliphatic hydroxyl groups excluding tert-OH is 1. The monoisotopic (exact) mass is 274 g/mol. The van der Waals surface area contributed by atoms with Gasteiger partial charge in [0.25, 0.3) is 0 Å². The summed E-state index contributed by atoms with van der Waals surface area (Å²) in [7, 11) is 1.50. The Bertz CT molecular complexity index is 545. The number of hydrogen-bond donors (Lipinski definition) is 1. The maximum Gasteiger partial charge on any atom is 0.195 e. The second-order valence-corrected chi connectivity index (χ2v) is 4.51. The maximum atomic E-state index is 12.2. The molecular formula is C16H18O4. The molecule has 4 heteroatoms. The number of methoxy groups -OCH3 is 1. The van der Waals surface area contributed by atoms with E-state index in [-0.39, 0.29) is 23.5 Å². The molecule has 1 aromatic carbocycles. The Morgan fingerprint density at radius 3 is 2.60 bits per heavy atom. The first-order valence-corrected chi connectivity index (χ1v) is 6.52. The smallest absolute Gasteiger partial charge is 0.195 e. The number of allylic oxidation sites excluding steroid dienone is 2. The van der Waals surface area contributed by atoms with Gasteiger partial charge < -0.3 is 14.6 Å². The number of rotatable bonds is 4. The molecule has 0 amide bonds. The van der Waals surface area contributed by atoms with Crippen molar-refractivity contribution in [3.8, 4) is 0 Å². The molecule has 0 spiro atoms. The van der Waals surface area contributed by atoms with Crippen molar-refractivity contribution in [3.63, 3.8) is 0 Å². The quantitative estimate of drug-likeness (QED) is 0.521. The summed E-state index contributed by atoms with van der Waals surface area (Å²) < 4.78 is 10.8. The van der Waals surface area contributed by atoms with Crippen molar-refractivity contribution >= 4 is 11.5 Å². The lowest BCUT2D eigenvalue weighted by Crippen LogP contribution is -2.38. The van der Waals surface area contributed by atoms with Gasteiger partial charge in [0, 0.05) is 19.3 Å².